The zero-order valence-corrected chi connectivity index (χ0v) is 11.7. The average molecular weight is 267 g/mol. The Balaban J connectivity index is 1.75. The van der Waals surface area contributed by atoms with E-state index in [1.54, 1.807) is 0 Å². The van der Waals surface area contributed by atoms with E-state index in [0.29, 0.717) is 5.92 Å². The van der Waals surface area contributed by atoms with E-state index in [9.17, 15) is 0 Å². The molecule has 1 aliphatic heterocycles. The summed E-state index contributed by atoms with van der Waals surface area (Å²) >= 11 is 1.96. The molecule has 4 nitrogen and oxygen atoms in total. The van der Waals surface area contributed by atoms with Crippen LogP contribution in [0.25, 0.3) is 0 Å². The second-order valence-electron chi connectivity index (χ2n) is 5.86. The van der Waals surface area contributed by atoms with Crippen molar-refractivity contribution in [1.82, 2.24) is 10.1 Å². The van der Waals surface area contributed by atoms with E-state index in [2.05, 4.69) is 17.1 Å². The maximum absolute atomic E-state index is 6.46. The Bertz CT molecular complexity index is 406. The molecule has 18 heavy (non-hydrogen) atoms. The van der Waals surface area contributed by atoms with Gasteiger partial charge in [0.05, 0.1) is 5.54 Å². The minimum Gasteiger partial charge on any atom is -0.339 e. The van der Waals surface area contributed by atoms with Crippen LogP contribution in [0.1, 0.15) is 56.7 Å². The summed E-state index contributed by atoms with van der Waals surface area (Å²) in [6.45, 7) is 2.29. The van der Waals surface area contributed by atoms with Gasteiger partial charge in [-0.05, 0) is 43.8 Å². The van der Waals surface area contributed by atoms with Crippen molar-refractivity contribution < 1.29 is 4.52 Å². The molecule has 0 spiro atoms. The fourth-order valence-corrected chi connectivity index (χ4v) is 4.05. The number of hydrogen-bond donors (Lipinski definition) is 1. The average Bonchev–Trinajstić information content (AvgIpc) is 3.01. The highest BCUT2D eigenvalue weighted by Gasteiger charge is 2.37. The lowest BCUT2D eigenvalue weighted by molar-refractivity contribution is 0.229. The summed E-state index contributed by atoms with van der Waals surface area (Å²) in [6, 6.07) is 0. The van der Waals surface area contributed by atoms with Gasteiger partial charge in [-0.3, -0.25) is 0 Å². The summed E-state index contributed by atoms with van der Waals surface area (Å²) < 4.78 is 5.44. The van der Waals surface area contributed by atoms with Gasteiger partial charge in [0.25, 0.3) is 0 Å². The highest BCUT2D eigenvalue weighted by Crippen LogP contribution is 2.37. The van der Waals surface area contributed by atoms with Crippen LogP contribution in [0.4, 0.5) is 0 Å². The van der Waals surface area contributed by atoms with Crippen LogP contribution < -0.4 is 5.73 Å². The maximum Gasteiger partial charge on any atom is 0.230 e. The minimum absolute atomic E-state index is 0.347. The number of hydrogen-bond acceptors (Lipinski definition) is 5. The molecular weight excluding hydrogens is 246 g/mol. The van der Waals surface area contributed by atoms with Crippen LogP contribution in [0, 0.1) is 5.92 Å². The normalized spacial score (nSPS) is 37.0. The number of aromatic nitrogens is 2. The predicted octanol–water partition coefficient (Wildman–Crippen LogP) is 2.65. The van der Waals surface area contributed by atoms with Crippen LogP contribution >= 0.6 is 11.8 Å². The van der Waals surface area contributed by atoms with Gasteiger partial charge in [0.1, 0.15) is 0 Å². The molecule has 2 fully saturated rings. The first-order valence-electron chi connectivity index (χ1n) is 6.88. The van der Waals surface area contributed by atoms with E-state index in [1.807, 2.05) is 11.8 Å². The molecule has 1 atom stereocenters. The number of thioether (sulfide) groups is 1. The van der Waals surface area contributed by atoms with E-state index in [-0.39, 0.29) is 5.54 Å². The Morgan fingerprint density at radius 2 is 2.11 bits per heavy atom. The van der Waals surface area contributed by atoms with Crippen molar-refractivity contribution in [3.8, 4) is 0 Å². The third-order valence-corrected chi connectivity index (χ3v) is 5.49. The van der Waals surface area contributed by atoms with E-state index in [4.69, 9.17) is 10.3 Å². The summed E-state index contributed by atoms with van der Waals surface area (Å²) in [6.07, 6.45) is 5.44. The molecule has 1 saturated carbocycles. The zero-order chi connectivity index (χ0) is 12.6. The van der Waals surface area contributed by atoms with Crippen molar-refractivity contribution in [2.45, 2.75) is 50.5 Å². The fraction of sp³-hybridized carbons (Fsp3) is 0.846. The van der Waals surface area contributed by atoms with Gasteiger partial charge in [0.2, 0.25) is 5.89 Å². The summed E-state index contributed by atoms with van der Waals surface area (Å²) in [5, 5.41) is 4.16. The van der Waals surface area contributed by atoms with Crippen molar-refractivity contribution in [3.63, 3.8) is 0 Å². The van der Waals surface area contributed by atoms with Gasteiger partial charge < -0.3 is 10.3 Å². The van der Waals surface area contributed by atoms with Crippen molar-refractivity contribution >= 4 is 11.8 Å². The molecule has 0 radical (unpaired) electrons. The summed E-state index contributed by atoms with van der Waals surface area (Å²) in [7, 11) is 0. The Hall–Kier alpha value is -0.550. The lowest BCUT2D eigenvalue weighted by Gasteiger charge is -2.33. The SMILES string of the molecule is CC1CCC(N)(c2noc(C3CCSC3)n2)CC1. The summed E-state index contributed by atoms with van der Waals surface area (Å²) in [5.74, 6) is 5.07. The molecule has 5 heteroatoms. The molecule has 2 N–H and O–H groups in total. The quantitative estimate of drug-likeness (QED) is 0.892. The van der Waals surface area contributed by atoms with Crippen molar-refractivity contribution in [1.29, 1.82) is 0 Å². The van der Waals surface area contributed by atoms with E-state index >= 15 is 0 Å². The Labute approximate surface area is 112 Å². The smallest absolute Gasteiger partial charge is 0.230 e. The molecule has 2 aliphatic rings. The third kappa shape index (κ3) is 2.30. The fourth-order valence-electron chi connectivity index (χ4n) is 2.83. The van der Waals surface area contributed by atoms with Gasteiger partial charge in [-0.15, -0.1) is 0 Å². The first-order chi connectivity index (χ1) is 8.67. The molecule has 0 bridgehead atoms. The molecule has 1 aromatic heterocycles. The molecule has 2 heterocycles. The van der Waals surface area contributed by atoms with Crippen LogP contribution in [0.15, 0.2) is 4.52 Å². The molecule has 1 aliphatic carbocycles. The number of rotatable bonds is 2. The van der Waals surface area contributed by atoms with Crippen molar-refractivity contribution in [2.75, 3.05) is 11.5 Å². The van der Waals surface area contributed by atoms with Gasteiger partial charge in [-0.1, -0.05) is 12.1 Å². The predicted molar refractivity (Wildman–Crippen MR) is 72.5 cm³/mol. The van der Waals surface area contributed by atoms with E-state index in [0.717, 1.165) is 42.6 Å². The lowest BCUT2D eigenvalue weighted by Crippen LogP contribution is -2.41. The van der Waals surface area contributed by atoms with Crippen molar-refractivity contribution in [2.24, 2.45) is 11.7 Å². The highest BCUT2D eigenvalue weighted by atomic mass is 32.2. The minimum atomic E-state index is -0.347. The first-order valence-corrected chi connectivity index (χ1v) is 8.03. The molecule has 1 unspecified atom stereocenters. The Morgan fingerprint density at radius 3 is 2.78 bits per heavy atom. The number of nitrogens with two attached hydrogens (primary N) is 1. The molecule has 1 aromatic rings. The largest absolute Gasteiger partial charge is 0.339 e. The molecule has 1 saturated heterocycles. The lowest BCUT2D eigenvalue weighted by atomic mass is 9.77. The van der Waals surface area contributed by atoms with Crippen LogP contribution in [0.5, 0.6) is 0 Å². The van der Waals surface area contributed by atoms with Crippen LogP contribution in [0.3, 0.4) is 0 Å². The monoisotopic (exact) mass is 267 g/mol. The topological polar surface area (TPSA) is 64.9 Å². The van der Waals surface area contributed by atoms with E-state index in [1.165, 1.54) is 18.6 Å². The van der Waals surface area contributed by atoms with Crippen LogP contribution in [0.2, 0.25) is 0 Å². The van der Waals surface area contributed by atoms with Gasteiger partial charge in [0.15, 0.2) is 5.82 Å². The molecular formula is C13H21N3OS. The molecule has 100 valence electrons. The number of nitrogens with zero attached hydrogens (tertiary/aromatic N) is 2. The van der Waals surface area contributed by atoms with Crippen LogP contribution in [-0.4, -0.2) is 21.6 Å². The van der Waals surface area contributed by atoms with Gasteiger partial charge in [-0.25, -0.2) is 0 Å². The second-order valence-corrected chi connectivity index (χ2v) is 7.01. The van der Waals surface area contributed by atoms with Gasteiger partial charge >= 0.3 is 0 Å². The molecule has 0 amide bonds. The highest BCUT2D eigenvalue weighted by molar-refractivity contribution is 7.99. The zero-order valence-electron chi connectivity index (χ0n) is 10.9. The Morgan fingerprint density at radius 1 is 1.33 bits per heavy atom. The first kappa shape index (κ1) is 12.5. The summed E-state index contributed by atoms with van der Waals surface area (Å²) in [5.41, 5.74) is 6.12. The second kappa shape index (κ2) is 4.85. The summed E-state index contributed by atoms with van der Waals surface area (Å²) in [4.78, 5) is 4.60. The molecule has 3 rings (SSSR count). The van der Waals surface area contributed by atoms with Crippen molar-refractivity contribution in [3.05, 3.63) is 11.7 Å². The third-order valence-electron chi connectivity index (χ3n) is 4.33. The standard InChI is InChI=1S/C13H21N3OS/c1-9-2-5-13(14,6-3-9)12-15-11(17-16-12)10-4-7-18-8-10/h9-10H,2-8,14H2,1H3. The van der Waals surface area contributed by atoms with Gasteiger partial charge in [0, 0.05) is 11.7 Å². The Kier molecular flexibility index (Phi) is 3.36. The van der Waals surface area contributed by atoms with Gasteiger partial charge in [-0.2, -0.15) is 16.7 Å². The van der Waals surface area contributed by atoms with Crippen LogP contribution in [-0.2, 0) is 5.54 Å². The van der Waals surface area contributed by atoms with E-state index < -0.39 is 0 Å². The molecule has 0 aromatic carbocycles. The maximum atomic E-state index is 6.46.